The van der Waals surface area contributed by atoms with Gasteiger partial charge in [0, 0.05) is 26.7 Å². The lowest BCUT2D eigenvalue weighted by Crippen LogP contribution is -2.54. The van der Waals surface area contributed by atoms with E-state index >= 15 is 0 Å². The maximum atomic E-state index is 14.8. The average molecular weight is 563 g/mol. The molecule has 1 N–H and O–H groups in total. The van der Waals surface area contributed by atoms with E-state index in [4.69, 9.17) is 4.74 Å². The normalized spacial score (nSPS) is 15.0. The Morgan fingerprint density at radius 3 is 2.26 bits per heavy atom. The minimum absolute atomic E-state index is 0.0438. The first-order valence-corrected chi connectivity index (χ1v) is 14.7. The number of ether oxygens (including phenoxy) is 1. The molecule has 0 aliphatic heterocycles. The summed E-state index contributed by atoms with van der Waals surface area (Å²) < 4.78 is 48.1. The van der Waals surface area contributed by atoms with Gasteiger partial charge in [0.25, 0.3) is 0 Å². The van der Waals surface area contributed by atoms with Gasteiger partial charge in [-0.25, -0.2) is 8.70 Å². The second kappa shape index (κ2) is 13.7. The molecule has 1 aliphatic rings. The molecule has 0 spiro atoms. The highest BCUT2D eigenvalue weighted by molar-refractivity contribution is 7.90. The van der Waals surface area contributed by atoms with Crippen molar-refractivity contribution < 1.29 is 27.1 Å². The maximum Gasteiger partial charge on any atom is 0.304 e. The van der Waals surface area contributed by atoms with Crippen LogP contribution in [0, 0.1) is 5.82 Å². The van der Waals surface area contributed by atoms with E-state index in [1.54, 1.807) is 31.4 Å². The summed E-state index contributed by atoms with van der Waals surface area (Å²) in [6.07, 6.45) is 5.30. The molecule has 2 aromatic rings. The van der Waals surface area contributed by atoms with E-state index in [0.717, 1.165) is 52.3 Å². The van der Waals surface area contributed by atoms with Crippen molar-refractivity contribution in [1.82, 2.24) is 14.5 Å². The smallest absolute Gasteiger partial charge is 0.304 e. The summed E-state index contributed by atoms with van der Waals surface area (Å²) in [6, 6.07) is 11.7. The lowest BCUT2D eigenvalue weighted by Gasteiger charge is -2.35. The predicted octanol–water partition coefficient (Wildman–Crippen LogP) is 3.70. The topological polar surface area (TPSA) is 99.3 Å². The molecule has 39 heavy (non-hydrogen) atoms. The van der Waals surface area contributed by atoms with Gasteiger partial charge in [0.1, 0.15) is 24.2 Å². The Hall–Kier alpha value is -3.18. The van der Waals surface area contributed by atoms with Crippen LogP contribution in [0.5, 0.6) is 5.75 Å². The van der Waals surface area contributed by atoms with Gasteiger partial charge in [-0.2, -0.15) is 12.7 Å². The van der Waals surface area contributed by atoms with Gasteiger partial charge in [0.15, 0.2) is 0 Å². The van der Waals surface area contributed by atoms with Crippen molar-refractivity contribution >= 4 is 27.7 Å². The zero-order valence-corrected chi connectivity index (χ0v) is 23.9. The number of hydrogen-bond donors (Lipinski definition) is 1. The third kappa shape index (κ3) is 7.69. The van der Waals surface area contributed by atoms with Gasteiger partial charge >= 0.3 is 10.2 Å². The zero-order chi connectivity index (χ0) is 28.6. The van der Waals surface area contributed by atoms with Crippen molar-refractivity contribution in [1.29, 1.82) is 0 Å². The van der Waals surface area contributed by atoms with Crippen LogP contribution in [-0.4, -0.2) is 69.3 Å². The third-order valence-corrected chi connectivity index (χ3v) is 8.80. The first kappa shape index (κ1) is 30.4. The van der Waals surface area contributed by atoms with E-state index in [2.05, 4.69) is 5.32 Å². The van der Waals surface area contributed by atoms with E-state index < -0.39 is 34.5 Å². The molecule has 3 rings (SSSR count). The van der Waals surface area contributed by atoms with Crippen molar-refractivity contribution in [3.8, 4) is 5.75 Å². The fourth-order valence-corrected chi connectivity index (χ4v) is 5.81. The Morgan fingerprint density at radius 1 is 1.05 bits per heavy atom. The summed E-state index contributed by atoms with van der Waals surface area (Å²) in [5, 5.41) is 3.10. The van der Waals surface area contributed by atoms with Gasteiger partial charge in [0.05, 0.1) is 12.8 Å². The molecule has 0 aromatic heterocycles. The maximum absolute atomic E-state index is 14.8. The van der Waals surface area contributed by atoms with Gasteiger partial charge in [0.2, 0.25) is 11.8 Å². The van der Waals surface area contributed by atoms with E-state index in [-0.39, 0.29) is 24.2 Å². The fraction of sp³-hybridized carbons (Fsp3) is 0.500. The molecule has 0 radical (unpaired) electrons. The molecule has 1 aliphatic carbocycles. The number of carbonyl (C=O) groups is 2. The summed E-state index contributed by atoms with van der Waals surface area (Å²) >= 11 is 0. The number of carbonyl (C=O) groups excluding carboxylic acids is 2. The highest BCUT2D eigenvalue weighted by Crippen LogP contribution is 2.25. The number of anilines is 1. The number of para-hydroxylation sites is 1. The van der Waals surface area contributed by atoms with E-state index in [1.807, 2.05) is 6.92 Å². The summed E-state index contributed by atoms with van der Waals surface area (Å²) in [5.74, 6) is -1.04. The van der Waals surface area contributed by atoms with Crippen molar-refractivity contribution in [2.45, 2.75) is 64.1 Å². The number of halogens is 1. The number of methoxy groups -OCH3 is 1. The summed E-state index contributed by atoms with van der Waals surface area (Å²) in [4.78, 5) is 28.8. The molecular weight excluding hydrogens is 523 g/mol. The molecule has 2 aromatic carbocycles. The van der Waals surface area contributed by atoms with Crippen LogP contribution in [-0.2, 0) is 26.3 Å². The number of rotatable bonds is 12. The van der Waals surface area contributed by atoms with Crippen LogP contribution in [0.25, 0.3) is 0 Å². The molecule has 0 saturated heterocycles. The molecule has 9 nitrogen and oxygen atoms in total. The molecule has 1 saturated carbocycles. The molecule has 2 amide bonds. The van der Waals surface area contributed by atoms with Crippen LogP contribution in [0.1, 0.15) is 51.0 Å². The van der Waals surface area contributed by atoms with Crippen LogP contribution in [0.2, 0.25) is 0 Å². The molecule has 0 unspecified atom stereocenters. The largest absolute Gasteiger partial charge is 0.497 e. The lowest BCUT2D eigenvalue weighted by molar-refractivity contribution is -0.140. The Balaban J connectivity index is 1.96. The van der Waals surface area contributed by atoms with Gasteiger partial charge in [-0.05, 0) is 49.1 Å². The predicted molar refractivity (Wildman–Crippen MR) is 149 cm³/mol. The van der Waals surface area contributed by atoms with Crippen LogP contribution in [0.4, 0.5) is 10.1 Å². The Kier molecular flexibility index (Phi) is 10.7. The second-order valence-electron chi connectivity index (χ2n) is 9.89. The van der Waals surface area contributed by atoms with Crippen LogP contribution < -0.4 is 14.4 Å². The van der Waals surface area contributed by atoms with E-state index in [1.165, 1.54) is 37.2 Å². The third-order valence-electron chi connectivity index (χ3n) is 6.99. The van der Waals surface area contributed by atoms with Crippen LogP contribution >= 0.6 is 0 Å². The fourth-order valence-electron chi connectivity index (χ4n) is 4.75. The van der Waals surface area contributed by atoms with E-state index in [9.17, 15) is 22.4 Å². The van der Waals surface area contributed by atoms with Crippen LogP contribution in [0.3, 0.4) is 0 Å². The molecule has 1 fully saturated rings. The Labute approximate surface area is 231 Å². The molecule has 0 heterocycles. The first-order chi connectivity index (χ1) is 18.6. The van der Waals surface area contributed by atoms with E-state index in [0.29, 0.717) is 12.2 Å². The SMILES string of the molecule is CC[C@H](C(=O)NC1CCCCC1)N(Cc1ccc(OC)cc1)C(=O)CN(c1ccccc1F)S(=O)(=O)N(C)C. The van der Waals surface area contributed by atoms with Crippen molar-refractivity contribution in [3.05, 3.63) is 59.9 Å². The minimum Gasteiger partial charge on any atom is -0.497 e. The zero-order valence-electron chi connectivity index (χ0n) is 23.1. The molecule has 11 heteroatoms. The standard InChI is InChI=1S/C28H39FN4O5S/c1-5-25(28(35)30-22-11-7-6-8-12-22)32(19-21-15-17-23(38-4)18-16-21)27(34)20-33(39(36,37)31(2)3)26-14-10-9-13-24(26)29/h9-10,13-18,22,25H,5-8,11-12,19-20H2,1-4H3,(H,30,35)/t25-/m1/s1. The van der Waals surface area contributed by atoms with Crippen molar-refractivity contribution in [2.75, 3.05) is 32.1 Å². The average Bonchev–Trinajstić information content (AvgIpc) is 2.92. The number of benzene rings is 2. The molecular formula is C28H39FN4O5S. The second-order valence-corrected chi connectivity index (χ2v) is 12.0. The van der Waals surface area contributed by atoms with Gasteiger partial charge < -0.3 is 15.0 Å². The summed E-state index contributed by atoms with van der Waals surface area (Å²) in [5.41, 5.74) is 0.490. The number of nitrogens with zero attached hydrogens (tertiary/aromatic N) is 3. The first-order valence-electron chi connectivity index (χ1n) is 13.3. The molecule has 1 atom stereocenters. The highest BCUT2D eigenvalue weighted by Gasteiger charge is 2.35. The monoisotopic (exact) mass is 562 g/mol. The quantitative estimate of drug-likeness (QED) is 0.425. The highest BCUT2D eigenvalue weighted by atomic mass is 32.2. The number of hydrogen-bond acceptors (Lipinski definition) is 5. The summed E-state index contributed by atoms with van der Waals surface area (Å²) in [6.45, 7) is 1.20. The number of amides is 2. The molecule has 214 valence electrons. The van der Waals surface area contributed by atoms with Crippen molar-refractivity contribution in [2.24, 2.45) is 0 Å². The Bertz CT molecular complexity index is 1220. The van der Waals surface area contributed by atoms with Gasteiger partial charge in [-0.15, -0.1) is 0 Å². The number of nitrogens with one attached hydrogen (secondary N) is 1. The van der Waals surface area contributed by atoms with Gasteiger partial charge in [-0.3, -0.25) is 9.59 Å². The lowest BCUT2D eigenvalue weighted by atomic mass is 9.95. The van der Waals surface area contributed by atoms with Gasteiger partial charge in [-0.1, -0.05) is 50.5 Å². The summed E-state index contributed by atoms with van der Waals surface area (Å²) in [7, 11) is -0.0572. The Morgan fingerprint density at radius 2 is 1.69 bits per heavy atom. The van der Waals surface area contributed by atoms with Crippen LogP contribution in [0.15, 0.2) is 48.5 Å². The minimum atomic E-state index is -4.24. The molecule has 0 bridgehead atoms. The van der Waals surface area contributed by atoms with Crippen molar-refractivity contribution in [3.63, 3.8) is 0 Å².